The Kier molecular flexibility index (Phi) is 7.11. The standard InChI is InChI=1S/C23H23N5O7/c1-13(29)32-12-18-19(33-14(2)30)20(34-15(3)31)23(35-18)28-22(16-7-5-4-6-8-16)26-21(27-28)17-11-24-9-10-25-17/h4-11,18-20,23H,12H2,1-3H3/t18-,19-,20-,23-/m1/s1. The summed E-state index contributed by atoms with van der Waals surface area (Å²) in [6, 6.07) is 9.18. The molecule has 35 heavy (non-hydrogen) atoms. The Morgan fingerprint density at radius 2 is 1.69 bits per heavy atom. The van der Waals surface area contributed by atoms with Gasteiger partial charge in [-0.1, -0.05) is 30.3 Å². The number of nitrogens with zero attached hydrogens (tertiary/aromatic N) is 5. The van der Waals surface area contributed by atoms with Crippen LogP contribution in [-0.2, 0) is 33.3 Å². The molecular formula is C23H23N5O7. The number of carbonyl (C=O) groups is 3. The smallest absolute Gasteiger partial charge is 0.303 e. The second-order valence-electron chi connectivity index (χ2n) is 7.68. The molecule has 1 fully saturated rings. The van der Waals surface area contributed by atoms with Crippen LogP contribution in [0.15, 0.2) is 48.9 Å². The summed E-state index contributed by atoms with van der Waals surface area (Å²) in [4.78, 5) is 48.2. The molecule has 12 nitrogen and oxygen atoms in total. The van der Waals surface area contributed by atoms with Gasteiger partial charge in [0.05, 0.1) is 6.20 Å². The molecule has 1 saturated heterocycles. The Morgan fingerprint density at radius 1 is 0.971 bits per heavy atom. The van der Waals surface area contributed by atoms with Gasteiger partial charge in [-0.15, -0.1) is 5.10 Å². The Labute approximate surface area is 200 Å². The van der Waals surface area contributed by atoms with Crippen LogP contribution in [-0.4, -0.2) is 67.6 Å². The fraction of sp³-hybridized carbons (Fsp3) is 0.348. The molecule has 3 aromatic rings. The average molecular weight is 481 g/mol. The van der Waals surface area contributed by atoms with Crippen LogP contribution in [0.1, 0.15) is 27.0 Å². The van der Waals surface area contributed by atoms with Gasteiger partial charge in [0.2, 0.25) is 5.82 Å². The van der Waals surface area contributed by atoms with E-state index in [2.05, 4.69) is 20.1 Å². The number of benzene rings is 1. The van der Waals surface area contributed by atoms with Crippen molar-refractivity contribution in [2.24, 2.45) is 0 Å². The fourth-order valence-corrected chi connectivity index (χ4v) is 3.70. The van der Waals surface area contributed by atoms with Crippen LogP contribution in [0.2, 0.25) is 0 Å². The number of esters is 3. The Hall–Kier alpha value is -4.19. The van der Waals surface area contributed by atoms with Gasteiger partial charge in [-0.05, 0) is 0 Å². The van der Waals surface area contributed by atoms with Gasteiger partial charge in [-0.3, -0.25) is 19.4 Å². The highest BCUT2D eigenvalue weighted by molar-refractivity contribution is 5.68. The monoisotopic (exact) mass is 481 g/mol. The number of carbonyl (C=O) groups excluding carboxylic acids is 3. The molecule has 0 unspecified atom stereocenters. The predicted molar refractivity (Wildman–Crippen MR) is 118 cm³/mol. The van der Waals surface area contributed by atoms with Gasteiger partial charge in [0.15, 0.2) is 24.3 Å². The predicted octanol–water partition coefficient (Wildman–Crippen LogP) is 1.73. The van der Waals surface area contributed by atoms with Crippen molar-refractivity contribution in [3.8, 4) is 22.9 Å². The van der Waals surface area contributed by atoms with E-state index in [4.69, 9.17) is 18.9 Å². The van der Waals surface area contributed by atoms with Gasteiger partial charge in [0.25, 0.3) is 0 Å². The quantitative estimate of drug-likeness (QED) is 0.359. The van der Waals surface area contributed by atoms with Gasteiger partial charge in [0, 0.05) is 38.7 Å². The van der Waals surface area contributed by atoms with Gasteiger partial charge in [-0.25, -0.2) is 14.6 Å². The zero-order valence-corrected chi connectivity index (χ0v) is 19.2. The van der Waals surface area contributed by atoms with Crippen molar-refractivity contribution in [2.45, 2.75) is 45.3 Å². The van der Waals surface area contributed by atoms with Crippen LogP contribution < -0.4 is 0 Å². The summed E-state index contributed by atoms with van der Waals surface area (Å²) in [5.74, 6) is -1.13. The topological polar surface area (TPSA) is 145 Å². The molecule has 0 radical (unpaired) electrons. The lowest BCUT2D eigenvalue weighted by Crippen LogP contribution is -2.40. The van der Waals surface area contributed by atoms with Crippen LogP contribution in [0, 0.1) is 0 Å². The summed E-state index contributed by atoms with van der Waals surface area (Å²) in [6.07, 6.45) is 0.404. The number of hydrogen-bond acceptors (Lipinski definition) is 11. The Bertz CT molecular complexity index is 1200. The van der Waals surface area contributed by atoms with E-state index in [1.807, 2.05) is 30.3 Å². The third kappa shape index (κ3) is 5.49. The number of hydrogen-bond donors (Lipinski definition) is 0. The van der Waals surface area contributed by atoms with E-state index in [1.165, 1.54) is 44.0 Å². The molecule has 0 aliphatic carbocycles. The molecule has 3 heterocycles. The molecule has 1 aliphatic heterocycles. The molecule has 0 saturated carbocycles. The van der Waals surface area contributed by atoms with Crippen LogP contribution in [0.25, 0.3) is 22.9 Å². The molecule has 0 bridgehead atoms. The van der Waals surface area contributed by atoms with Crippen LogP contribution >= 0.6 is 0 Å². The minimum Gasteiger partial charge on any atom is -0.463 e. The number of aromatic nitrogens is 5. The zero-order chi connectivity index (χ0) is 24.9. The summed E-state index contributed by atoms with van der Waals surface area (Å²) in [6.45, 7) is 3.46. The van der Waals surface area contributed by atoms with Crippen molar-refractivity contribution in [2.75, 3.05) is 6.61 Å². The zero-order valence-electron chi connectivity index (χ0n) is 19.2. The van der Waals surface area contributed by atoms with E-state index in [0.717, 1.165) is 0 Å². The lowest BCUT2D eigenvalue weighted by molar-refractivity contribution is -0.166. The van der Waals surface area contributed by atoms with E-state index in [-0.39, 0.29) is 12.4 Å². The molecule has 0 spiro atoms. The van der Waals surface area contributed by atoms with Crippen molar-refractivity contribution >= 4 is 17.9 Å². The van der Waals surface area contributed by atoms with Crippen molar-refractivity contribution in [3.63, 3.8) is 0 Å². The summed E-state index contributed by atoms with van der Waals surface area (Å²) in [5.41, 5.74) is 1.12. The summed E-state index contributed by atoms with van der Waals surface area (Å²) >= 11 is 0. The minimum atomic E-state index is -1.10. The average Bonchev–Trinajstić information content (AvgIpc) is 3.40. The first-order chi connectivity index (χ1) is 16.8. The van der Waals surface area contributed by atoms with E-state index >= 15 is 0 Å². The largest absolute Gasteiger partial charge is 0.463 e. The number of rotatable bonds is 7. The van der Waals surface area contributed by atoms with Crippen molar-refractivity contribution < 1.29 is 33.3 Å². The summed E-state index contributed by atoms with van der Waals surface area (Å²) in [7, 11) is 0. The van der Waals surface area contributed by atoms with Gasteiger partial charge in [0.1, 0.15) is 18.4 Å². The van der Waals surface area contributed by atoms with E-state index in [1.54, 1.807) is 0 Å². The minimum absolute atomic E-state index is 0.228. The molecule has 182 valence electrons. The van der Waals surface area contributed by atoms with E-state index in [0.29, 0.717) is 17.1 Å². The van der Waals surface area contributed by atoms with Gasteiger partial charge >= 0.3 is 17.9 Å². The second-order valence-corrected chi connectivity index (χ2v) is 7.68. The molecule has 0 amide bonds. The van der Waals surface area contributed by atoms with Crippen LogP contribution in [0.3, 0.4) is 0 Å². The lowest BCUT2D eigenvalue weighted by atomic mass is 10.1. The summed E-state index contributed by atoms with van der Waals surface area (Å²) < 4.78 is 23.7. The molecule has 4 atom stereocenters. The first-order valence-electron chi connectivity index (χ1n) is 10.7. The van der Waals surface area contributed by atoms with Crippen molar-refractivity contribution in [1.29, 1.82) is 0 Å². The molecule has 0 N–H and O–H groups in total. The maximum Gasteiger partial charge on any atom is 0.303 e. The van der Waals surface area contributed by atoms with Gasteiger partial charge < -0.3 is 18.9 Å². The molecule has 4 rings (SSSR count). The maximum absolute atomic E-state index is 12.0. The third-order valence-electron chi connectivity index (χ3n) is 5.04. The highest BCUT2D eigenvalue weighted by atomic mass is 16.7. The first kappa shape index (κ1) is 24.0. The molecular weight excluding hydrogens is 458 g/mol. The second kappa shape index (κ2) is 10.4. The van der Waals surface area contributed by atoms with Crippen LogP contribution in [0.4, 0.5) is 0 Å². The SMILES string of the molecule is CC(=O)OC[C@H]1O[C@@H](n2nc(-c3cnccn3)nc2-c2ccccc2)[C@H](OC(C)=O)[C@@H]1OC(C)=O. The maximum atomic E-state index is 12.0. The Morgan fingerprint density at radius 3 is 2.31 bits per heavy atom. The molecule has 2 aromatic heterocycles. The normalized spacial score (nSPS) is 21.3. The van der Waals surface area contributed by atoms with Gasteiger partial charge in [-0.2, -0.15) is 0 Å². The summed E-state index contributed by atoms with van der Waals surface area (Å²) in [5, 5.41) is 4.58. The number of ether oxygens (including phenoxy) is 4. The lowest BCUT2D eigenvalue weighted by Gasteiger charge is -2.23. The molecule has 1 aromatic carbocycles. The molecule has 12 heteroatoms. The third-order valence-corrected chi connectivity index (χ3v) is 5.04. The Balaban J connectivity index is 1.81. The highest BCUT2D eigenvalue weighted by Gasteiger charge is 2.51. The highest BCUT2D eigenvalue weighted by Crippen LogP contribution is 2.37. The van der Waals surface area contributed by atoms with Crippen molar-refractivity contribution in [1.82, 2.24) is 24.7 Å². The van der Waals surface area contributed by atoms with E-state index < -0.39 is 42.4 Å². The fourth-order valence-electron chi connectivity index (χ4n) is 3.70. The first-order valence-corrected chi connectivity index (χ1v) is 10.7. The van der Waals surface area contributed by atoms with Crippen molar-refractivity contribution in [3.05, 3.63) is 48.9 Å². The van der Waals surface area contributed by atoms with Crippen LogP contribution in [0.5, 0.6) is 0 Å². The molecule has 1 aliphatic rings. The van der Waals surface area contributed by atoms with E-state index in [9.17, 15) is 14.4 Å².